The molecule has 28 heavy (non-hydrogen) atoms. The first-order chi connectivity index (χ1) is 12.8. The number of aliphatic imine (C=N–C) groups is 1. The van der Waals surface area contributed by atoms with Crippen LogP contribution in [0.1, 0.15) is 52.0 Å². The molecule has 160 valence electrons. The molecular weight excluding hydrogens is 487 g/mol. The summed E-state index contributed by atoms with van der Waals surface area (Å²) in [4.78, 5) is 7.36. The Morgan fingerprint density at radius 3 is 2.54 bits per heavy atom. The summed E-state index contributed by atoms with van der Waals surface area (Å²) in [6, 6.07) is 6.73. The second-order valence-electron chi connectivity index (χ2n) is 7.76. The van der Waals surface area contributed by atoms with Crippen LogP contribution in [0.4, 0.5) is 0 Å². The monoisotopic (exact) mass is 522 g/mol. The van der Waals surface area contributed by atoms with E-state index in [1.807, 2.05) is 0 Å². The number of nitrogens with zero attached hydrogens (tertiary/aromatic N) is 2. The maximum atomic E-state index is 11.3. The molecule has 0 spiro atoms. The zero-order valence-corrected chi connectivity index (χ0v) is 20.4. The number of hydrogen-bond donors (Lipinski definition) is 2. The Hall–Kier alpha value is -0.870. The standard InChI is InChI=1S/C20H34N4O2S.HI/c1-4-12-20(3)13-6-15-24(16-20)19(22-5-2)23-14-11-17-7-9-18(10-8-17)27(21,25)26;/h7-10H,4-6,11-16H2,1-3H3,(H,22,23)(H2,21,25,26);1H. The van der Waals surface area contributed by atoms with Crippen molar-refractivity contribution in [3.63, 3.8) is 0 Å². The van der Waals surface area contributed by atoms with Gasteiger partial charge in [-0.05, 0) is 55.7 Å². The average Bonchev–Trinajstić information content (AvgIpc) is 2.60. The van der Waals surface area contributed by atoms with Gasteiger partial charge in [0.05, 0.1) is 4.90 Å². The van der Waals surface area contributed by atoms with Gasteiger partial charge in [-0.25, -0.2) is 13.6 Å². The van der Waals surface area contributed by atoms with Crippen LogP contribution in [-0.2, 0) is 16.4 Å². The van der Waals surface area contributed by atoms with Crippen LogP contribution in [0.5, 0.6) is 0 Å². The van der Waals surface area contributed by atoms with Crippen molar-refractivity contribution in [1.29, 1.82) is 0 Å². The Labute approximate surface area is 187 Å². The van der Waals surface area contributed by atoms with E-state index in [1.54, 1.807) is 24.3 Å². The molecule has 0 aliphatic carbocycles. The summed E-state index contributed by atoms with van der Waals surface area (Å²) >= 11 is 0. The number of nitrogens with one attached hydrogen (secondary N) is 1. The number of primary sulfonamides is 1. The van der Waals surface area contributed by atoms with Crippen LogP contribution in [0.25, 0.3) is 0 Å². The van der Waals surface area contributed by atoms with E-state index in [0.717, 1.165) is 37.6 Å². The van der Waals surface area contributed by atoms with Gasteiger partial charge in [-0.1, -0.05) is 32.4 Å². The molecular formula is C20H35IN4O2S. The van der Waals surface area contributed by atoms with E-state index < -0.39 is 10.0 Å². The molecule has 1 saturated heterocycles. The molecule has 1 unspecified atom stereocenters. The lowest BCUT2D eigenvalue weighted by Crippen LogP contribution is -2.49. The quantitative estimate of drug-likeness (QED) is 0.327. The van der Waals surface area contributed by atoms with Gasteiger partial charge in [-0.2, -0.15) is 0 Å². The molecule has 2 rings (SSSR count). The maximum Gasteiger partial charge on any atom is 0.238 e. The first-order valence-electron chi connectivity index (χ1n) is 9.92. The summed E-state index contributed by atoms with van der Waals surface area (Å²) in [6.07, 6.45) is 5.72. The van der Waals surface area contributed by atoms with Crippen LogP contribution >= 0.6 is 24.0 Å². The number of benzene rings is 1. The van der Waals surface area contributed by atoms with Gasteiger partial charge < -0.3 is 10.2 Å². The van der Waals surface area contributed by atoms with Gasteiger partial charge >= 0.3 is 0 Å². The third-order valence-corrected chi connectivity index (χ3v) is 6.11. The van der Waals surface area contributed by atoms with E-state index in [2.05, 4.69) is 31.0 Å². The summed E-state index contributed by atoms with van der Waals surface area (Å²) < 4.78 is 22.7. The first kappa shape index (κ1) is 25.2. The van der Waals surface area contributed by atoms with E-state index in [9.17, 15) is 8.42 Å². The molecule has 1 atom stereocenters. The molecule has 0 bridgehead atoms. The number of guanidine groups is 1. The zero-order chi connectivity index (χ0) is 19.9. The number of nitrogens with two attached hydrogens (primary N) is 1. The minimum absolute atomic E-state index is 0. The van der Waals surface area contributed by atoms with Crippen molar-refractivity contribution in [3.05, 3.63) is 29.8 Å². The highest BCUT2D eigenvalue weighted by molar-refractivity contribution is 14.0. The lowest BCUT2D eigenvalue weighted by molar-refractivity contribution is 0.142. The van der Waals surface area contributed by atoms with Gasteiger partial charge in [0.1, 0.15) is 0 Å². The van der Waals surface area contributed by atoms with Crippen LogP contribution in [-0.4, -0.2) is 45.5 Å². The Balaban J connectivity index is 0.00000392. The fourth-order valence-electron chi connectivity index (χ4n) is 3.87. The molecule has 1 fully saturated rings. The summed E-state index contributed by atoms with van der Waals surface area (Å²) in [5, 5.41) is 8.57. The van der Waals surface area contributed by atoms with Crippen LogP contribution in [0.15, 0.2) is 34.2 Å². The first-order valence-corrected chi connectivity index (χ1v) is 11.5. The molecule has 1 aliphatic rings. The lowest BCUT2D eigenvalue weighted by Gasteiger charge is -2.42. The Bertz CT molecular complexity index is 733. The molecule has 1 aliphatic heterocycles. The van der Waals surface area contributed by atoms with Gasteiger partial charge in [0.15, 0.2) is 5.96 Å². The van der Waals surface area contributed by atoms with Gasteiger partial charge in [-0.15, -0.1) is 24.0 Å². The molecule has 1 aromatic carbocycles. The Kier molecular flexibility index (Phi) is 10.2. The maximum absolute atomic E-state index is 11.3. The number of hydrogen-bond acceptors (Lipinski definition) is 3. The molecule has 0 amide bonds. The molecule has 1 heterocycles. The molecule has 3 N–H and O–H groups in total. The zero-order valence-electron chi connectivity index (χ0n) is 17.3. The minimum atomic E-state index is -3.64. The van der Waals surface area contributed by atoms with E-state index in [4.69, 9.17) is 10.1 Å². The Morgan fingerprint density at radius 1 is 1.29 bits per heavy atom. The Morgan fingerprint density at radius 2 is 1.96 bits per heavy atom. The average molecular weight is 522 g/mol. The van der Waals surface area contributed by atoms with Crippen LogP contribution < -0.4 is 10.5 Å². The van der Waals surface area contributed by atoms with Gasteiger partial charge in [0, 0.05) is 26.2 Å². The molecule has 6 nitrogen and oxygen atoms in total. The highest BCUT2D eigenvalue weighted by Crippen LogP contribution is 2.33. The van der Waals surface area contributed by atoms with Crippen LogP contribution in [0, 0.1) is 5.41 Å². The predicted molar refractivity (Wildman–Crippen MR) is 127 cm³/mol. The van der Waals surface area contributed by atoms with Crippen molar-refractivity contribution < 1.29 is 8.42 Å². The number of piperidine rings is 1. The van der Waals surface area contributed by atoms with Crippen LogP contribution in [0.2, 0.25) is 0 Å². The number of likely N-dealkylation sites (tertiary alicyclic amines) is 1. The van der Waals surface area contributed by atoms with Crippen LogP contribution in [0.3, 0.4) is 0 Å². The number of halogens is 1. The van der Waals surface area contributed by atoms with Crippen molar-refractivity contribution in [3.8, 4) is 0 Å². The van der Waals surface area contributed by atoms with Crippen molar-refractivity contribution in [2.24, 2.45) is 15.5 Å². The third kappa shape index (κ3) is 7.51. The summed E-state index contributed by atoms with van der Waals surface area (Å²) in [6.45, 7) is 10.4. The van der Waals surface area contributed by atoms with Crippen molar-refractivity contribution in [1.82, 2.24) is 10.2 Å². The van der Waals surface area contributed by atoms with E-state index in [0.29, 0.717) is 12.0 Å². The smallest absolute Gasteiger partial charge is 0.238 e. The molecule has 8 heteroatoms. The molecule has 0 radical (unpaired) electrons. The topological polar surface area (TPSA) is 87.8 Å². The predicted octanol–water partition coefficient (Wildman–Crippen LogP) is 3.36. The summed E-state index contributed by atoms with van der Waals surface area (Å²) in [7, 11) is -3.64. The number of sulfonamides is 1. The second-order valence-corrected chi connectivity index (χ2v) is 9.32. The highest BCUT2D eigenvalue weighted by Gasteiger charge is 2.31. The second kappa shape index (κ2) is 11.3. The molecule has 0 saturated carbocycles. The van der Waals surface area contributed by atoms with Crippen molar-refractivity contribution in [2.45, 2.75) is 57.8 Å². The largest absolute Gasteiger partial charge is 0.357 e. The summed E-state index contributed by atoms with van der Waals surface area (Å²) in [5.41, 5.74) is 1.42. The molecule has 1 aromatic rings. The SMILES string of the molecule is CCCC1(C)CCCN(C(=NCCc2ccc(S(N)(=O)=O)cc2)NCC)C1.I. The van der Waals surface area contributed by atoms with Crippen molar-refractivity contribution >= 4 is 40.0 Å². The third-order valence-electron chi connectivity index (χ3n) is 5.18. The normalized spacial score (nSPS) is 20.6. The lowest BCUT2D eigenvalue weighted by atomic mass is 9.78. The van der Waals surface area contributed by atoms with Gasteiger partial charge in [0.2, 0.25) is 10.0 Å². The van der Waals surface area contributed by atoms with E-state index >= 15 is 0 Å². The fourth-order valence-corrected chi connectivity index (χ4v) is 4.38. The van der Waals surface area contributed by atoms with E-state index in [1.165, 1.54) is 25.7 Å². The molecule has 0 aromatic heterocycles. The number of rotatable bonds is 7. The minimum Gasteiger partial charge on any atom is -0.357 e. The summed E-state index contributed by atoms with van der Waals surface area (Å²) in [5.74, 6) is 0.987. The van der Waals surface area contributed by atoms with E-state index in [-0.39, 0.29) is 28.9 Å². The van der Waals surface area contributed by atoms with Crippen molar-refractivity contribution in [2.75, 3.05) is 26.2 Å². The highest BCUT2D eigenvalue weighted by atomic mass is 127. The fraction of sp³-hybridized carbons (Fsp3) is 0.650. The van der Waals surface area contributed by atoms with Gasteiger partial charge in [-0.3, -0.25) is 4.99 Å². The van der Waals surface area contributed by atoms with Gasteiger partial charge in [0.25, 0.3) is 0 Å².